The van der Waals surface area contributed by atoms with Gasteiger partial charge in [-0.25, -0.2) is 18.2 Å². The smallest absolute Gasteiger partial charge is 0.280 e. The average Bonchev–Trinajstić information content (AvgIpc) is 3.45. The minimum Gasteiger partial charge on any atom is -0.490 e. The standard InChI is InChI=1S/C24H21F4N5O2/c1-12-18-21(31-32(12)3)23(34)33(13-4-6-15-16(10-13)30-11-29-15)22(18)14-5-7-17(20(26)19(14)25)35-9-8-24(2,27)28/h4-7,10-11,22H,8-9H2,1-3H3,(H,29,30). The maximum atomic E-state index is 15.4. The predicted octanol–water partition coefficient (Wildman–Crippen LogP) is 5.06. The van der Waals surface area contributed by atoms with Gasteiger partial charge in [0.1, 0.15) is 0 Å². The van der Waals surface area contributed by atoms with Crippen LogP contribution >= 0.6 is 0 Å². The Bertz CT molecular complexity index is 1460. The fourth-order valence-corrected chi connectivity index (χ4v) is 4.31. The van der Waals surface area contributed by atoms with Crippen molar-refractivity contribution >= 4 is 22.6 Å². The van der Waals surface area contributed by atoms with Crippen LogP contribution in [0, 0.1) is 18.6 Å². The lowest BCUT2D eigenvalue weighted by Gasteiger charge is -2.27. The molecular weight excluding hydrogens is 466 g/mol. The summed E-state index contributed by atoms with van der Waals surface area (Å²) in [6.45, 7) is 1.98. The van der Waals surface area contributed by atoms with Crippen LogP contribution < -0.4 is 9.64 Å². The molecule has 1 amide bonds. The molecule has 0 bridgehead atoms. The Morgan fingerprint density at radius 1 is 1.17 bits per heavy atom. The van der Waals surface area contributed by atoms with Crippen molar-refractivity contribution < 1.29 is 27.1 Å². The van der Waals surface area contributed by atoms with E-state index in [-0.39, 0.29) is 11.3 Å². The van der Waals surface area contributed by atoms with Gasteiger partial charge in [-0.05, 0) is 44.2 Å². The molecule has 0 saturated heterocycles. The number of anilines is 1. The number of halogens is 4. The summed E-state index contributed by atoms with van der Waals surface area (Å²) in [6, 6.07) is 6.57. The SMILES string of the molecule is Cc1c2c(nn1C)C(=O)N(c1ccc3nc[nH]c3c1)C2c1ccc(OCCC(C)(F)F)c(F)c1F. The Hall–Kier alpha value is -3.89. The molecule has 11 heteroatoms. The lowest BCUT2D eigenvalue weighted by atomic mass is 9.97. The molecule has 2 aromatic heterocycles. The highest BCUT2D eigenvalue weighted by Crippen LogP contribution is 2.45. The molecule has 5 rings (SSSR count). The molecule has 0 aliphatic carbocycles. The van der Waals surface area contributed by atoms with Crippen molar-refractivity contribution in [2.45, 2.75) is 32.2 Å². The number of benzene rings is 2. The van der Waals surface area contributed by atoms with Gasteiger partial charge in [-0.1, -0.05) is 0 Å². The topological polar surface area (TPSA) is 76.0 Å². The summed E-state index contributed by atoms with van der Waals surface area (Å²) in [5.74, 6) is -6.48. The van der Waals surface area contributed by atoms with E-state index in [9.17, 15) is 18.0 Å². The molecule has 1 N–H and O–H groups in total. The van der Waals surface area contributed by atoms with E-state index in [1.807, 2.05) is 0 Å². The summed E-state index contributed by atoms with van der Waals surface area (Å²) < 4.78 is 63.2. The highest BCUT2D eigenvalue weighted by atomic mass is 19.3. The number of nitrogens with zero attached hydrogens (tertiary/aromatic N) is 4. The molecular formula is C24H21F4N5O2. The molecule has 1 aliphatic heterocycles. The fraction of sp³-hybridized carbons (Fsp3) is 0.292. The zero-order chi connectivity index (χ0) is 25.1. The number of nitrogens with one attached hydrogen (secondary N) is 1. The number of carbonyl (C=O) groups is 1. The molecule has 4 aromatic rings. The van der Waals surface area contributed by atoms with Gasteiger partial charge < -0.3 is 9.72 Å². The zero-order valence-corrected chi connectivity index (χ0v) is 19.1. The van der Waals surface area contributed by atoms with Crippen molar-refractivity contribution in [3.05, 3.63) is 70.8 Å². The van der Waals surface area contributed by atoms with Crippen LogP contribution in [0.25, 0.3) is 11.0 Å². The van der Waals surface area contributed by atoms with Crippen molar-refractivity contribution in [1.82, 2.24) is 19.7 Å². The second-order valence-electron chi connectivity index (χ2n) is 8.60. The van der Waals surface area contributed by atoms with E-state index in [1.54, 1.807) is 32.2 Å². The van der Waals surface area contributed by atoms with Gasteiger partial charge in [0.25, 0.3) is 5.91 Å². The Morgan fingerprint density at radius 2 is 1.94 bits per heavy atom. The average molecular weight is 487 g/mol. The number of aromatic amines is 1. The quantitative estimate of drug-likeness (QED) is 0.386. The van der Waals surface area contributed by atoms with E-state index in [4.69, 9.17) is 4.74 Å². The number of ether oxygens (including phenoxy) is 1. The van der Waals surface area contributed by atoms with Gasteiger partial charge in [-0.15, -0.1) is 0 Å². The number of aryl methyl sites for hydroxylation is 1. The summed E-state index contributed by atoms with van der Waals surface area (Å²) in [4.78, 5) is 21.9. The molecule has 0 saturated carbocycles. The molecule has 2 aromatic carbocycles. The normalized spacial score (nSPS) is 15.8. The van der Waals surface area contributed by atoms with Crippen LogP contribution in [0.1, 0.15) is 46.7 Å². The van der Waals surface area contributed by atoms with Gasteiger partial charge >= 0.3 is 0 Å². The predicted molar refractivity (Wildman–Crippen MR) is 120 cm³/mol. The number of aromatic nitrogens is 4. The molecule has 0 spiro atoms. The highest BCUT2D eigenvalue weighted by Gasteiger charge is 2.44. The van der Waals surface area contributed by atoms with Crippen LogP contribution in [0.15, 0.2) is 36.7 Å². The van der Waals surface area contributed by atoms with Crippen molar-refractivity contribution in [2.24, 2.45) is 7.05 Å². The van der Waals surface area contributed by atoms with E-state index >= 15 is 4.39 Å². The summed E-state index contributed by atoms with van der Waals surface area (Å²) in [6.07, 6.45) is 0.870. The number of rotatable bonds is 6. The first-order valence-corrected chi connectivity index (χ1v) is 10.9. The van der Waals surface area contributed by atoms with E-state index in [0.29, 0.717) is 28.0 Å². The summed E-state index contributed by atoms with van der Waals surface area (Å²) in [5.41, 5.74) is 2.91. The lowest BCUT2D eigenvalue weighted by molar-refractivity contribution is 0.000418. The molecule has 3 heterocycles. The van der Waals surface area contributed by atoms with Crippen LogP contribution in [0.3, 0.4) is 0 Å². The first-order valence-electron chi connectivity index (χ1n) is 10.9. The summed E-state index contributed by atoms with van der Waals surface area (Å²) in [5, 5.41) is 4.30. The number of imidazole rings is 1. The van der Waals surface area contributed by atoms with E-state index in [2.05, 4.69) is 15.1 Å². The molecule has 7 nitrogen and oxygen atoms in total. The summed E-state index contributed by atoms with van der Waals surface area (Å²) in [7, 11) is 1.66. The van der Waals surface area contributed by atoms with Crippen molar-refractivity contribution in [2.75, 3.05) is 11.5 Å². The number of H-pyrrole nitrogens is 1. The Labute approximate surface area is 197 Å². The van der Waals surface area contributed by atoms with Gasteiger partial charge in [0.2, 0.25) is 11.7 Å². The number of amides is 1. The van der Waals surface area contributed by atoms with Crippen LogP contribution in [0.5, 0.6) is 5.75 Å². The Morgan fingerprint density at radius 3 is 2.69 bits per heavy atom. The molecule has 1 atom stereocenters. The number of fused-ring (bicyclic) bond motifs is 2. The third kappa shape index (κ3) is 3.80. The molecule has 0 radical (unpaired) electrons. The summed E-state index contributed by atoms with van der Waals surface area (Å²) >= 11 is 0. The van der Waals surface area contributed by atoms with Crippen molar-refractivity contribution in [3.8, 4) is 5.75 Å². The van der Waals surface area contributed by atoms with Crippen LogP contribution in [-0.4, -0.2) is 38.2 Å². The molecule has 1 aliphatic rings. The van der Waals surface area contributed by atoms with E-state index < -0.39 is 48.3 Å². The monoisotopic (exact) mass is 487 g/mol. The third-order valence-electron chi connectivity index (χ3n) is 6.19. The van der Waals surface area contributed by atoms with Crippen molar-refractivity contribution in [3.63, 3.8) is 0 Å². The van der Waals surface area contributed by atoms with Crippen molar-refractivity contribution in [1.29, 1.82) is 0 Å². The Kier molecular flexibility index (Phi) is 5.30. The lowest BCUT2D eigenvalue weighted by Crippen LogP contribution is -2.30. The number of alkyl halides is 2. The first-order chi connectivity index (χ1) is 16.6. The fourth-order valence-electron chi connectivity index (χ4n) is 4.31. The minimum atomic E-state index is -3.00. The van der Waals surface area contributed by atoms with Crippen LogP contribution in [0.2, 0.25) is 0 Å². The number of carbonyl (C=O) groups excluding carboxylic acids is 1. The third-order valence-corrected chi connectivity index (χ3v) is 6.19. The molecule has 0 fully saturated rings. The Balaban J connectivity index is 1.59. The maximum absolute atomic E-state index is 15.4. The van der Waals surface area contributed by atoms with Gasteiger partial charge in [-0.2, -0.15) is 9.49 Å². The van der Waals surface area contributed by atoms with Crippen LogP contribution in [0.4, 0.5) is 23.2 Å². The second kappa shape index (κ2) is 8.10. The largest absolute Gasteiger partial charge is 0.490 e. The van der Waals surface area contributed by atoms with Gasteiger partial charge in [0.15, 0.2) is 17.3 Å². The molecule has 35 heavy (non-hydrogen) atoms. The van der Waals surface area contributed by atoms with Crippen LogP contribution in [-0.2, 0) is 7.05 Å². The molecule has 1 unspecified atom stereocenters. The van der Waals surface area contributed by atoms with Gasteiger partial charge in [0, 0.05) is 36.0 Å². The van der Waals surface area contributed by atoms with E-state index in [1.165, 1.54) is 28.0 Å². The molecule has 182 valence electrons. The first kappa shape index (κ1) is 22.9. The highest BCUT2D eigenvalue weighted by molar-refractivity contribution is 6.11. The van der Waals surface area contributed by atoms with Gasteiger partial charge in [-0.3, -0.25) is 14.4 Å². The van der Waals surface area contributed by atoms with E-state index in [0.717, 1.165) is 6.92 Å². The minimum absolute atomic E-state index is 0.108. The maximum Gasteiger partial charge on any atom is 0.280 e. The van der Waals surface area contributed by atoms with Gasteiger partial charge in [0.05, 0.1) is 30.0 Å². The number of hydrogen-bond donors (Lipinski definition) is 1. The number of hydrogen-bond acceptors (Lipinski definition) is 4. The zero-order valence-electron chi connectivity index (χ0n) is 19.1. The second-order valence-corrected chi connectivity index (χ2v) is 8.60.